The van der Waals surface area contributed by atoms with Crippen LogP contribution in [0.3, 0.4) is 0 Å². The molecule has 0 fully saturated rings. The number of anilines is 2. The largest absolute Gasteiger partial charge is 0.483 e. The fourth-order valence-electron chi connectivity index (χ4n) is 2.69. The first-order valence-electron chi connectivity index (χ1n) is 9.49. The number of carbonyl (C=O) groups excluding carboxylic acids is 1. The van der Waals surface area contributed by atoms with Gasteiger partial charge in [-0.05, 0) is 75.9 Å². The second-order valence-electron chi connectivity index (χ2n) is 7.05. The van der Waals surface area contributed by atoms with Crippen molar-refractivity contribution in [2.45, 2.75) is 24.7 Å². The highest BCUT2D eigenvalue weighted by atomic mass is 79.9. The molecule has 0 aliphatic rings. The molecule has 0 bridgehead atoms. The van der Waals surface area contributed by atoms with Gasteiger partial charge in [-0.3, -0.25) is 14.5 Å². The first-order chi connectivity index (χ1) is 14.7. The molecule has 31 heavy (non-hydrogen) atoms. The number of halogens is 1. The minimum absolute atomic E-state index is 0.0692. The van der Waals surface area contributed by atoms with Crippen LogP contribution in [0.15, 0.2) is 76.4 Å². The summed E-state index contributed by atoms with van der Waals surface area (Å²) in [6, 6.07) is 14.8. The Hall–Kier alpha value is -2.91. The summed E-state index contributed by atoms with van der Waals surface area (Å²) in [5.74, 6) is 0.603. The number of aromatic nitrogens is 1. The van der Waals surface area contributed by atoms with Crippen LogP contribution in [0.4, 0.5) is 11.4 Å². The Kier molecular flexibility index (Phi) is 7.29. The van der Waals surface area contributed by atoms with E-state index in [0.29, 0.717) is 23.0 Å². The molecule has 162 valence electrons. The molecule has 7 nitrogen and oxygen atoms in total. The van der Waals surface area contributed by atoms with Crippen molar-refractivity contribution in [3.63, 3.8) is 0 Å². The summed E-state index contributed by atoms with van der Waals surface area (Å²) in [6.07, 6.45) is 2.97. The lowest BCUT2D eigenvalue weighted by Crippen LogP contribution is -2.20. The zero-order valence-corrected chi connectivity index (χ0v) is 19.4. The van der Waals surface area contributed by atoms with E-state index in [0.717, 1.165) is 10.0 Å². The van der Waals surface area contributed by atoms with Crippen molar-refractivity contribution in [1.29, 1.82) is 0 Å². The highest BCUT2D eigenvalue weighted by Gasteiger charge is 2.15. The molecule has 0 aliphatic heterocycles. The molecule has 1 heterocycles. The second-order valence-corrected chi connectivity index (χ2v) is 9.59. The number of pyridine rings is 1. The van der Waals surface area contributed by atoms with Crippen LogP contribution in [-0.2, 0) is 14.8 Å². The SMILES string of the molecule is CC(C)c1ccc(OCC(=O)Nc2ccc(S(=O)(=O)Nc3cccnc3)cc2)c(Br)c1. The third-order valence-electron chi connectivity index (χ3n) is 4.34. The fourth-order valence-corrected chi connectivity index (χ4v) is 4.24. The Morgan fingerprint density at radius 2 is 1.84 bits per heavy atom. The minimum atomic E-state index is -3.75. The van der Waals surface area contributed by atoms with E-state index >= 15 is 0 Å². The van der Waals surface area contributed by atoms with Gasteiger partial charge in [0.2, 0.25) is 0 Å². The number of hydrogen-bond acceptors (Lipinski definition) is 5. The number of amides is 1. The average Bonchev–Trinajstić information content (AvgIpc) is 2.73. The zero-order chi connectivity index (χ0) is 22.4. The quantitative estimate of drug-likeness (QED) is 0.460. The van der Waals surface area contributed by atoms with Crippen LogP contribution in [0.2, 0.25) is 0 Å². The summed E-state index contributed by atoms with van der Waals surface area (Å²) in [4.78, 5) is 16.2. The maximum absolute atomic E-state index is 12.4. The fraction of sp³-hybridized carbons (Fsp3) is 0.182. The third kappa shape index (κ3) is 6.28. The first-order valence-corrected chi connectivity index (χ1v) is 11.8. The molecule has 3 aromatic rings. The van der Waals surface area contributed by atoms with Gasteiger partial charge in [0.05, 0.1) is 21.3 Å². The molecule has 0 radical (unpaired) electrons. The van der Waals surface area contributed by atoms with E-state index in [4.69, 9.17) is 4.74 Å². The summed E-state index contributed by atoms with van der Waals surface area (Å²) in [6.45, 7) is 4.02. The smallest absolute Gasteiger partial charge is 0.262 e. The summed E-state index contributed by atoms with van der Waals surface area (Å²) in [7, 11) is -3.75. The van der Waals surface area contributed by atoms with Crippen LogP contribution in [-0.4, -0.2) is 25.9 Å². The average molecular weight is 504 g/mol. The van der Waals surface area contributed by atoms with Gasteiger partial charge in [-0.15, -0.1) is 0 Å². The van der Waals surface area contributed by atoms with E-state index in [-0.39, 0.29) is 17.4 Å². The maximum Gasteiger partial charge on any atom is 0.262 e. The summed E-state index contributed by atoms with van der Waals surface area (Å²) < 4.78 is 33.7. The number of hydrogen-bond donors (Lipinski definition) is 2. The summed E-state index contributed by atoms with van der Waals surface area (Å²) in [5, 5.41) is 2.69. The number of sulfonamides is 1. The van der Waals surface area contributed by atoms with Gasteiger partial charge in [0.25, 0.3) is 15.9 Å². The Labute approximate surface area is 190 Å². The van der Waals surface area contributed by atoms with E-state index < -0.39 is 10.0 Å². The molecule has 2 N–H and O–H groups in total. The summed E-state index contributed by atoms with van der Waals surface area (Å²) in [5.41, 5.74) is 1.99. The van der Waals surface area contributed by atoms with E-state index in [1.54, 1.807) is 18.3 Å². The lowest BCUT2D eigenvalue weighted by molar-refractivity contribution is -0.118. The predicted molar refractivity (Wildman–Crippen MR) is 124 cm³/mol. The Balaban J connectivity index is 1.57. The number of carbonyl (C=O) groups is 1. The Morgan fingerprint density at radius 3 is 2.45 bits per heavy atom. The van der Waals surface area contributed by atoms with Crippen LogP contribution < -0.4 is 14.8 Å². The number of rotatable bonds is 8. The molecule has 0 unspecified atom stereocenters. The molecule has 3 rings (SSSR count). The maximum atomic E-state index is 12.4. The highest BCUT2D eigenvalue weighted by molar-refractivity contribution is 9.10. The van der Waals surface area contributed by atoms with Gasteiger partial charge < -0.3 is 10.1 Å². The minimum Gasteiger partial charge on any atom is -0.483 e. The summed E-state index contributed by atoms with van der Waals surface area (Å²) >= 11 is 3.46. The molecule has 0 saturated carbocycles. The zero-order valence-electron chi connectivity index (χ0n) is 17.0. The van der Waals surface area contributed by atoms with Crippen molar-refractivity contribution in [2.75, 3.05) is 16.6 Å². The van der Waals surface area contributed by atoms with Crippen molar-refractivity contribution < 1.29 is 17.9 Å². The topological polar surface area (TPSA) is 97.4 Å². The van der Waals surface area contributed by atoms with Gasteiger partial charge in [-0.2, -0.15) is 0 Å². The predicted octanol–water partition coefficient (Wildman–Crippen LogP) is 4.79. The first kappa shape index (κ1) is 22.8. The van der Waals surface area contributed by atoms with Gasteiger partial charge in [-0.1, -0.05) is 19.9 Å². The Bertz CT molecular complexity index is 1150. The van der Waals surface area contributed by atoms with Crippen LogP contribution in [0, 0.1) is 0 Å². The van der Waals surface area contributed by atoms with Crippen molar-refractivity contribution in [2.24, 2.45) is 0 Å². The van der Waals surface area contributed by atoms with Gasteiger partial charge in [0.1, 0.15) is 5.75 Å². The van der Waals surface area contributed by atoms with Gasteiger partial charge in [0, 0.05) is 11.9 Å². The normalized spacial score (nSPS) is 11.2. The molecule has 0 aliphatic carbocycles. The number of ether oxygens (including phenoxy) is 1. The Morgan fingerprint density at radius 1 is 1.10 bits per heavy atom. The van der Waals surface area contributed by atoms with Gasteiger partial charge in [-0.25, -0.2) is 8.42 Å². The molecule has 2 aromatic carbocycles. The van der Waals surface area contributed by atoms with Crippen molar-refractivity contribution in [3.05, 3.63) is 77.0 Å². The van der Waals surface area contributed by atoms with Crippen LogP contribution in [0.5, 0.6) is 5.75 Å². The molecule has 0 saturated heterocycles. The van der Waals surface area contributed by atoms with E-state index in [1.165, 1.54) is 30.5 Å². The lowest BCUT2D eigenvalue weighted by atomic mass is 10.0. The van der Waals surface area contributed by atoms with E-state index in [9.17, 15) is 13.2 Å². The van der Waals surface area contributed by atoms with E-state index in [1.807, 2.05) is 18.2 Å². The molecular formula is C22H22BrN3O4S. The van der Waals surface area contributed by atoms with E-state index in [2.05, 4.69) is 44.8 Å². The number of nitrogens with one attached hydrogen (secondary N) is 2. The molecule has 0 spiro atoms. The lowest BCUT2D eigenvalue weighted by Gasteiger charge is -2.12. The molecular weight excluding hydrogens is 482 g/mol. The van der Waals surface area contributed by atoms with Crippen molar-refractivity contribution in [3.8, 4) is 5.75 Å². The standard InChI is InChI=1S/C22H22BrN3O4S/c1-15(2)16-5-10-21(20(23)12-16)30-14-22(27)25-17-6-8-19(9-7-17)31(28,29)26-18-4-3-11-24-13-18/h3-13,15,26H,14H2,1-2H3,(H,25,27). The highest BCUT2D eigenvalue weighted by Crippen LogP contribution is 2.29. The molecule has 0 atom stereocenters. The van der Waals surface area contributed by atoms with Crippen molar-refractivity contribution >= 4 is 43.2 Å². The molecule has 9 heteroatoms. The monoisotopic (exact) mass is 503 g/mol. The number of nitrogens with zero attached hydrogens (tertiary/aromatic N) is 1. The van der Waals surface area contributed by atoms with Crippen LogP contribution in [0.1, 0.15) is 25.3 Å². The van der Waals surface area contributed by atoms with Gasteiger partial charge >= 0.3 is 0 Å². The number of benzene rings is 2. The molecule has 1 amide bonds. The third-order valence-corrected chi connectivity index (χ3v) is 6.36. The van der Waals surface area contributed by atoms with Gasteiger partial charge in [0.15, 0.2) is 6.61 Å². The molecule has 1 aromatic heterocycles. The van der Waals surface area contributed by atoms with Crippen molar-refractivity contribution in [1.82, 2.24) is 4.98 Å². The second kappa shape index (κ2) is 9.93. The van der Waals surface area contributed by atoms with Crippen LogP contribution in [0.25, 0.3) is 0 Å². The van der Waals surface area contributed by atoms with Crippen LogP contribution >= 0.6 is 15.9 Å².